The lowest BCUT2D eigenvalue weighted by Crippen LogP contribution is -2.18. The van der Waals surface area contributed by atoms with Crippen molar-refractivity contribution >= 4 is 22.0 Å². The molecule has 0 fully saturated rings. The van der Waals surface area contributed by atoms with Gasteiger partial charge in [0.05, 0.1) is 5.75 Å². The van der Waals surface area contributed by atoms with Crippen LogP contribution in [-0.4, -0.2) is 20.5 Å². The molecule has 0 atom stereocenters. The number of carbonyl (C=O) groups is 1. The SMILES string of the molecule is O=Cc1ccc(NS(=O)(=O)CCc2ccccc2)cc1. The number of sulfonamides is 1. The van der Waals surface area contributed by atoms with Gasteiger partial charge in [-0.3, -0.25) is 9.52 Å². The quantitative estimate of drug-likeness (QED) is 0.831. The zero-order chi connectivity index (χ0) is 14.4. The lowest BCUT2D eigenvalue weighted by molar-refractivity contribution is 0.112. The molecule has 0 unspecified atom stereocenters. The average Bonchev–Trinajstić information content (AvgIpc) is 2.47. The van der Waals surface area contributed by atoms with Crippen LogP contribution in [-0.2, 0) is 16.4 Å². The molecule has 20 heavy (non-hydrogen) atoms. The van der Waals surface area contributed by atoms with E-state index in [4.69, 9.17) is 0 Å². The molecule has 0 heterocycles. The van der Waals surface area contributed by atoms with Gasteiger partial charge in [-0.15, -0.1) is 0 Å². The lowest BCUT2D eigenvalue weighted by atomic mass is 10.2. The maximum absolute atomic E-state index is 11.9. The maximum Gasteiger partial charge on any atom is 0.233 e. The summed E-state index contributed by atoms with van der Waals surface area (Å²) >= 11 is 0. The molecule has 5 heteroatoms. The molecule has 0 saturated carbocycles. The van der Waals surface area contributed by atoms with E-state index >= 15 is 0 Å². The molecule has 0 aromatic heterocycles. The van der Waals surface area contributed by atoms with E-state index in [0.717, 1.165) is 5.56 Å². The summed E-state index contributed by atoms with van der Waals surface area (Å²) in [6.07, 6.45) is 1.18. The Labute approximate surface area is 118 Å². The van der Waals surface area contributed by atoms with E-state index < -0.39 is 10.0 Å². The molecule has 0 spiro atoms. The van der Waals surface area contributed by atoms with Crippen molar-refractivity contribution in [1.29, 1.82) is 0 Å². The normalized spacial score (nSPS) is 11.0. The Morgan fingerprint density at radius 1 is 0.950 bits per heavy atom. The summed E-state index contributed by atoms with van der Waals surface area (Å²) < 4.78 is 26.4. The van der Waals surface area contributed by atoms with Gasteiger partial charge in [-0.25, -0.2) is 8.42 Å². The van der Waals surface area contributed by atoms with Crippen LogP contribution >= 0.6 is 0 Å². The first-order valence-corrected chi connectivity index (χ1v) is 7.84. The average molecular weight is 289 g/mol. The van der Waals surface area contributed by atoms with Gasteiger partial charge in [-0.2, -0.15) is 0 Å². The van der Waals surface area contributed by atoms with Crippen LogP contribution in [0.4, 0.5) is 5.69 Å². The predicted molar refractivity (Wildman–Crippen MR) is 79.4 cm³/mol. The second-order valence-corrected chi connectivity index (χ2v) is 6.24. The van der Waals surface area contributed by atoms with Crippen LogP contribution in [0, 0.1) is 0 Å². The molecule has 2 aromatic rings. The Balaban J connectivity index is 1.98. The van der Waals surface area contributed by atoms with Crippen molar-refractivity contribution in [3.8, 4) is 0 Å². The molecule has 104 valence electrons. The minimum Gasteiger partial charge on any atom is -0.298 e. The molecular formula is C15H15NO3S. The van der Waals surface area contributed by atoms with Gasteiger partial charge in [-0.1, -0.05) is 30.3 Å². The second kappa shape index (κ2) is 6.34. The number of aryl methyl sites for hydroxylation is 1. The van der Waals surface area contributed by atoms with Gasteiger partial charge in [-0.05, 0) is 36.2 Å². The molecule has 1 N–H and O–H groups in total. The predicted octanol–water partition coefficient (Wildman–Crippen LogP) is 2.48. The van der Waals surface area contributed by atoms with E-state index in [-0.39, 0.29) is 5.75 Å². The van der Waals surface area contributed by atoms with Gasteiger partial charge >= 0.3 is 0 Å². The van der Waals surface area contributed by atoms with Crippen molar-refractivity contribution in [1.82, 2.24) is 0 Å². The smallest absolute Gasteiger partial charge is 0.233 e. The number of hydrogen-bond donors (Lipinski definition) is 1. The third-order valence-electron chi connectivity index (χ3n) is 2.82. The molecule has 0 aliphatic carbocycles. The fourth-order valence-corrected chi connectivity index (χ4v) is 2.86. The highest BCUT2D eigenvalue weighted by molar-refractivity contribution is 7.92. The van der Waals surface area contributed by atoms with Crippen molar-refractivity contribution in [3.63, 3.8) is 0 Å². The van der Waals surface area contributed by atoms with E-state index in [9.17, 15) is 13.2 Å². The lowest BCUT2D eigenvalue weighted by Gasteiger charge is -2.08. The number of aldehydes is 1. The standard InChI is InChI=1S/C15H15NO3S/c17-12-14-6-8-15(9-7-14)16-20(18,19)11-10-13-4-2-1-3-5-13/h1-9,12,16H,10-11H2. The zero-order valence-electron chi connectivity index (χ0n) is 10.8. The van der Waals surface area contributed by atoms with Crippen molar-refractivity contribution in [2.24, 2.45) is 0 Å². The molecule has 4 nitrogen and oxygen atoms in total. The highest BCUT2D eigenvalue weighted by atomic mass is 32.2. The Morgan fingerprint density at radius 3 is 2.20 bits per heavy atom. The molecule has 2 aromatic carbocycles. The Morgan fingerprint density at radius 2 is 1.60 bits per heavy atom. The number of hydrogen-bond acceptors (Lipinski definition) is 3. The van der Waals surface area contributed by atoms with Gasteiger partial charge in [0.1, 0.15) is 6.29 Å². The summed E-state index contributed by atoms with van der Waals surface area (Å²) in [5, 5.41) is 0. The second-order valence-electron chi connectivity index (χ2n) is 4.40. The third-order valence-corrected chi connectivity index (χ3v) is 4.11. The van der Waals surface area contributed by atoms with Crippen molar-refractivity contribution < 1.29 is 13.2 Å². The van der Waals surface area contributed by atoms with Gasteiger partial charge in [0.25, 0.3) is 0 Å². The minimum absolute atomic E-state index is 0.0203. The number of carbonyl (C=O) groups excluding carboxylic acids is 1. The monoisotopic (exact) mass is 289 g/mol. The molecule has 2 rings (SSSR count). The Kier molecular flexibility index (Phi) is 4.53. The number of nitrogens with one attached hydrogen (secondary N) is 1. The summed E-state index contributed by atoms with van der Waals surface area (Å²) in [5.74, 6) is 0.0203. The fraction of sp³-hybridized carbons (Fsp3) is 0.133. The van der Waals surface area contributed by atoms with E-state index in [1.165, 1.54) is 0 Å². The highest BCUT2D eigenvalue weighted by Gasteiger charge is 2.10. The van der Waals surface area contributed by atoms with Crippen LogP contribution in [0.5, 0.6) is 0 Å². The van der Waals surface area contributed by atoms with Crippen LogP contribution in [0.25, 0.3) is 0 Å². The van der Waals surface area contributed by atoms with E-state index in [1.807, 2.05) is 30.3 Å². The highest BCUT2D eigenvalue weighted by Crippen LogP contribution is 2.11. The fourth-order valence-electron chi connectivity index (χ4n) is 1.76. The van der Waals surface area contributed by atoms with Crippen molar-refractivity contribution in [2.75, 3.05) is 10.5 Å². The molecule has 0 saturated heterocycles. The third kappa shape index (κ3) is 4.20. The molecule has 0 aliphatic rings. The van der Waals surface area contributed by atoms with Crippen LogP contribution in [0.2, 0.25) is 0 Å². The topological polar surface area (TPSA) is 63.2 Å². The summed E-state index contributed by atoms with van der Waals surface area (Å²) in [6.45, 7) is 0. The minimum atomic E-state index is -3.39. The van der Waals surface area contributed by atoms with Crippen LogP contribution < -0.4 is 4.72 Å². The largest absolute Gasteiger partial charge is 0.298 e. The summed E-state index contributed by atoms with van der Waals surface area (Å²) in [6, 6.07) is 15.7. The molecule has 0 radical (unpaired) electrons. The van der Waals surface area contributed by atoms with Crippen LogP contribution in [0.1, 0.15) is 15.9 Å². The van der Waals surface area contributed by atoms with Gasteiger partial charge in [0.2, 0.25) is 10.0 Å². The number of rotatable bonds is 6. The van der Waals surface area contributed by atoms with E-state index in [0.29, 0.717) is 24.0 Å². The van der Waals surface area contributed by atoms with Crippen LogP contribution in [0.15, 0.2) is 54.6 Å². The van der Waals surface area contributed by atoms with Crippen LogP contribution in [0.3, 0.4) is 0 Å². The van der Waals surface area contributed by atoms with Gasteiger partial charge in [0.15, 0.2) is 0 Å². The van der Waals surface area contributed by atoms with Gasteiger partial charge in [0, 0.05) is 11.3 Å². The molecule has 0 bridgehead atoms. The molecule has 0 amide bonds. The van der Waals surface area contributed by atoms with Crippen molar-refractivity contribution in [2.45, 2.75) is 6.42 Å². The summed E-state index contributed by atoms with van der Waals surface area (Å²) in [4.78, 5) is 10.5. The summed E-state index contributed by atoms with van der Waals surface area (Å²) in [7, 11) is -3.39. The van der Waals surface area contributed by atoms with E-state index in [1.54, 1.807) is 24.3 Å². The number of benzene rings is 2. The Bertz CT molecular complexity index is 664. The van der Waals surface area contributed by atoms with Gasteiger partial charge < -0.3 is 0 Å². The maximum atomic E-state index is 11.9. The molecular weight excluding hydrogens is 274 g/mol. The van der Waals surface area contributed by atoms with Crippen molar-refractivity contribution in [3.05, 3.63) is 65.7 Å². The van der Waals surface area contributed by atoms with E-state index in [2.05, 4.69) is 4.72 Å². The summed E-state index contributed by atoms with van der Waals surface area (Å²) in [5.41, 5.74) is 1.95. The first-order valence-electron chi connectivity index (χ1n) is 6.19. The first-order chi connectivity index (χ1) is 9.59. The first kappa shape index (κ1) is 14.3. The number of anilines is 1. The molecule has 0 aliphatic heterocycles. The Hall–Kier alpha value is -2.14. The zero-order valence-corrected chi connectivity index (χ0v) is 11.6.